The molecule has 0 bridgehead atoms. The van der Waals surface area contributed by atoms with Crippen molar-refractivity contribution in [3.63, 3.8) is 0 Å². The molecule has 0 radical (unpaired) electrons. The smallest absolute Gasteiger partial charge is 0.0714 e. The lowest BCUT2D eigenvalue weighted by atomic mass is 10.1. The lowest BCUT2D eigenvalue weighted by Crippen LogP contribution is -1.81. The molecule has 1 N–H and O–H groups in total. The van der Waals surface area contributed by atoms with E-state index in [0.29, 0.717) is 6.42 Å². The molecule has 0 spiro atoms. The maximum Gasteiger partial charge on any atom is 0.0714 e. The zero-order valence-electron chi connectivity index (χ0n) is 8.27. The van der Waals surface area contributed by atoms with E-state index in [1.807, 2.05) is 30.3 Å². The minimum Gasteiger partial charge on any atom is -0.395 e. The van der Waals surface area contributed by atoms with Gasteiger partial charge in [-0.3, -0.25) is 4.98 Å². The summed E-state index contributed by atoms with van der Waals surface area (Å²) in [6.45, 7) is 0.110. The number of fused-ring (bicyclic) bond motifs is 1. The molecule has 2 aromatic rings. The maximum atomic E-state index is 8.60. The Balaban J connectivity index is 2.36. The van der Waals surface area contributed by atoms with E-state index in [1.54, 1.807) is 6.20 Å². The van der Waals surface area contributed by atoms with Gasteiger partial charge >= 0.3 is 0 Å². The Morgan fingerprint density at radius 2 is 2.20 bits per heavy atom. The van der Waals surface area contributed by atoms with E-state index in [-0.39, 0.29) is 6.61 Å². The zero-order chi connectivity index (χ0) is 10.5. The van der Waals surface area contributed by atoms with E-state index >= 15 is 0 Å². The first-order chi connectivity index (χ1) is 7.40. The predicted molar refractivity (Wildman–Crippen MR) is 60.3 cm³/mol. The third-order valence-electron chi connectivity index (χ3n) is 2.08. The van der Waals surface area contributed by atoms with E-state index < -0.39 is 0 Å². The van der Waals surface area contributed by atoms with Crippen LogP contribution in [0.1, 0.15) is 12.0 Å². The Hall–Kier alpha value is -1.85. The maximum absolute atomic E-state index is 8.60. The Bertz CT molecular complexity index is 523. The van der Waals surface area contributed by atoms with E-state index in [2.05, 4.69) is 16.8 Å². The van der Waals surface area contributed by atoms with Gasteiger partial charge in [-0.2, -0.15) is 0 Å². The lowest BCUT2D eigenvalue weighted by molar-refractivity contribution is 0.305. The Kier molecular flexibility index (Phi) is 2.96. The van der Waals surface area contributed by atoms with Crippen molar-refractivity contribution in [1.82, 2.24) is 4.98 Å². The lowest BCUT2D eigenvalue weighted by Gasteiger charge is -1.96. The van der Waals surface area contributed by atoms with Gasteiger partial charge in [-0.25, -0.2) is 0 Å². The van der Waals surface area contributed by atoms with Crippen molar-refractivity contribution in [2.24, 2.45) is 0 Å². The van der Waals surface area contributed by atoms with Crippen molar-refractivity contribution < 1.29 is 5.11 Å². The topological polar surface area (TPSA) is 33.1 Å². The van der Waals surface area contributed by atoms with Gasteiger partial charge in [0.1, 0.15) is 0 Å². The van der Waals surface area contributed by atoms with E-state index in [9.17, 15) is 0 Å². The molecule has 0 aliphatic heterocycles. The van der Waals surface area contributed by atoms with Crippen LogP contribution in [0.4, 0.5) is 0 Å². The highest BCUT2D eigenvalue weighted by Gasteiger charge is 1.93. The normalized spacial score (nSPS) is 9.67. The Labute approximate surface area is 88.6 Å². The minimum atomic E-state index is 0.110. The fraction of sp³-hybridized carbons (Fsp3) is 0.154. The van der Waals surface area contributed by atoms with Gasteiger partial charge in [-0.15, -0.1) is 0 Å². The van der Waals surface area contributed by atoms with Crippen LogP contribution in [-0.4, -0.2) is 16.7 Å². The molecule has 1 aromatic carbocycles. The van der Waals surface area contributed by atoms with E-state index in [0.717, 1.165) is 16.5 Å². The number of benzene rings is 1. The van der Waals surface area contributed by atoms with Gasteiger partial charge < -0.3 is 5.11 Å². The number of hydrogen-bond acceptors (Lipinski definition) is 2. The zero-order valence-corrected chi connectivity index (χ0v) is 8.27. The highest BCUT2D eigenvalue weighted by Crippen LogP contribution is 2.12. The largest absolute Gasteiger partial charge is 0.395 e. The van der Waals surface area contributed by atoms with Crippen molar-refractivity contribution >= 4 is 10.9 Å². The monoisotopic (exact) mass is 197 g/mol. The van der Waals surface area contributed by atoms with Crippen molar-refractivity contribution in [3.8, 4) is 11.8 Å². The summed E-state index contributed by atoms with van der Waals surface area (Å²) >= 11 is 0. The van der Waals surface area contributed by atoms with Crippen LogP contribution in [0.5, 0.6) is 0 Å². The van der Waals surface area contributed by atoms with Crippen LogP contribution in [0.25, 0.3) is 10.9 Å². The molecule has 2 rings (SSSR count). The quantitative estimate of drug-likeness (QED) is 0.709. The summed E-state index contributed by atoms with van der Waals surface area (Å²) in [5.41, 5.74) is 1.89. The van der Waals surface area contributed by atoms with Gasteiger partial charge in [0.15, 0.2) is 0 Å². The summed E-state index contributed by atoms with van der Waals surface area (Å²) in [6.07, 6.45) is 2.29. The number of rotatable bonds is 1. The molecule has 0 atom stereocenters. The van der Waals surface area contributed by atoms with Gasteiger partial charge in [-0.05, 0) is 18.2 Å². The van der Waals surface area contributed by atoms with Crippen LogP contribution in [0.15, 0.2) is 36.5 Å². The molecule has 0 aliphatic rings. The molecular weight excluding hydrogens is 186 g/mol. The molecule has 2 nitrogen and oxygen atoms in total. The van der Waals surface area contributed by atoms with Crippen molar-refractivity contribution in [3.05, 3.63) is 42.1 Å². The SMILES string of the molecule is OCCC#Cc1ccc2cccnc2c1. The summed E-state index contributed by atoms with van der Waals surface area (Å²) in [5.74, 6) is 5.88. The van der Waals surface area contributed by atoms with Gasteiger partial charge in [0.05, 0.1) is 12.1 Å². The summed E-state index contributed by atoms with van der Waals surface area (Å²) in [6, 6.07) is 9.87. The highest BCUT2D eigenvalue weighted by molar-refractivity contribution is 5.79. The van der Waals surface area contributed by atoms with E-state index in [1.165, 1.54) is 0 Å². The number of aliphatic hydroxyl groups excluding tert-OH is 1. The second kappa shape index (κ2) is 4.59. The Morgan fingerprint density at radius 1 is 1.27 bits per heavy atom. The molecule has 1 heterocycles. The minimum absolute atomic E-state index is 0.110. The van der Waals surface area contributed by atoms with E-state index in [4.69, 9.17) is 5.11 Å². The van der Waals surface area contributed by atoms with Gasteiger partial charge in [-0.1, -0.05) is 24.0 Å². The predicted octanol–water partition coefficient (Wildman–Crippen LogP) is 1.97. The van der Waals surface area contributed by atoms with Crippen molar-refractivity contribution in [2.75, 3.05) is 6.61 Å². The molecule has 74 valence electrons. The third-order valence-corrected chi connectivity index (χ3v) is 2.08. The summed E-state index contributed by atoms with van der Waals surface area (Å²) < 4.78 is 0. The standard InChI is InChI=1S/C13H11NO/c15-9-2-1-4-11-6-7-12-5-3-8-14-13(12)10-11/h3,5-8,10,15H,2,9H2. The van der Waals surface area contributed by atoms with Crippen molar-refractivity contribution in [1.29, 1.82) is 0 Å². The van der Waals surface area contributed by atoms with Crippen LogP contribution >= 0.6 is 0 Å². The van der Waals surface area contributed by atoms with Crippen LogP contribution in [0.2, 0.25) is 0 Å². The number of aliphatic hydroxyl groups is 1. The molecule has 0 fully saturated rings. The first-order valence-corrected chi connectivity index (χ1v) is 4.84. The number of aromatic nitrogens is 1. The van der Waals surface area contributed by atoms with Gasteiger partial charge in [0, 0.05) is 23.6 Å². The second-order valence-electron chi connectivity index (χ2n) is 3.19. The molecular formula is C13H11NO. The van der Waals surface area contributed by atoms with Gasteiger partial charge in [0.2, 0.25) is 0 Å². The first kappa shape index (κ1) is 9.70. The molecule has 15 heavy (non-hydrogen) atoms. The summed E-state index contributed by atoms with van der Waals surface area (Å²) in [7, 11) is 0. The van der Waals surface area contributed by atoms with Crippen molar-refractivity contribution in [2.45, 2.75) is 6.42 Å². The highest BCUT2D eigenvalue weighted by atomic mass is 16.2. The summed E-state index contributed by atoms with van der Waals surface area (Å²) in [5, 5.41) is 9.72. The van der Waals surface area contributed by atoms with Crippen LogP contribution in [0, 0.1) is 11.8 Å². The van der Waals surface area contributed by atoms with Crippen LogP contribution in [0.3, 0.4) is 0 Å². The summed E-state index contributed by atoms with van der Waals surface area (Å²) in [4.78, 5) is 4.25. The van der Waals surface area contributed by atoms with Crippen LogP contribution in [-0.2, 0) is 0 Å². The third kappa shape index (κ3) is 2.34. The molecule has 0 amide bonds. The van der Waals surface area contributed by atoms with Gasteiger partial charge in [0.25, 0.3) is 0 Å². The molecule has 0 saturated carbocycles. The number of pyridine rings is 1. The molecule has 0 unspecified atom stereocenters. The Morgan fingerprint density at radius 3 is 3.07 bits per heavy atom. The second-order valence-corrected chi connectivity index (χ2v) is 3.19. The fourth-order valence-electron chi connectivity index (χ4n) is 1.36. The average Bonchev–Trinajstić information content (AvgIpc) is 2.29. The molecule has 1 aromatic heterocycles. The fourth-order valence-corrected chi connectivity index (χ4v) is 1.36. The molecule has 2 heteroatoms. The number of nitrogens with zero attached hydrogens (tertiary/aromatic N) is 1. The first-order valence-electron chi connectivity index (χ1n) is 4.84. The molecule has 0 saturated heterocycles. The number of hydrogen-bond donors (Lipinski definition) is 1. The average molecular weight is 197 g/mol. The molecule has 0 aliphatic carbocycles. The van der Waals surface area contributed by atoms with Crippen LogP contribution < -0.4 is 0 Å².